The summed E-state index contributed by atoms with van der Waals surface area (Å²) in [7, 11) is 0. The minimum atomic E-state index is -4.66. The molecule has 4 nitrogen and oxygen atoms in total. The molecule has 1 atom stereocenters. The van der Waals surface area contributed by atoms with E-state index in [1.165, 1.54) is 33.7 Å². The SMILES string of the molecule is C[C@@H]1CCc2c(sc3nc(SCCOc4ccccc4Cl)n(-c4ccc(Cl)c(C(F)(F)F)c4)c(=O)c23)C1. The topological polar surface area (TPSA) is 44.1 Å². The highest BCUT2D eigenvalue weighted by atomic mass is 35.5. The van der Waals surface area contributed by atoms with Crippen LogP contribution in [0.2, 0.25) is 10.0 Å². The zero-order valence-electron chi connectivity index (χ0n) is 19.6. The Morgan fingerprint density at radius 2 is 1.97 bits per heavy atom. The molecule has 11 heteroatoms. The van der Waals surface area contributed by atoms with E-state index in [-0.39, 0.29) is 17.9 Å². The average molecular weight is 586 g/mol. The molecule has 0 unspecified atom stereocenters. The molecule has 0 radical (unpaired) electrons. The van der Waals surface area contributed by atoms with Crippen LogP contribution in [-0.4, -0.2) is 21.9 Å². The second-order valence-electron chi connectivity index (χ2n) is 8.86. The number of alkyl halides is 3. The van der Waals surface area contributed by atoms with Crippen molar-refractivity contribution < 1.29 is 17.9 Å². The molecule has 0 spiro atoms. The van der Waals surface area contributed by atoms with E-state index in [2.05, 4.69) is 6.92 Å². The molecule has 0 N–H and O–H groups in total. The minimum Gasteiger partial charge on any atom is -0.491 e. The molecule has 0 amide bonds. The van der Waals surface area contributed by atoms with Gasteiger partial charge in [0.2, 0.25) is 0 Å². The molecule has 1 aliphatic rings. The summed E-state index contributed by atoms with van der Waals surface area (Å²) in [5, 5.41) is 0.834. The van der Waals surface area contributed by atoms with Crippen LogP contribution >= 0.6 is 46.3 Å². The molecule has 0 fully saturated rings. The summed E-state index contributed by atoms with van der Waals surface area (Å²) in [6.45, 7) is 2.43. The van der Waals surface area contributed by atoms with Crippen LogP contribution in [0.25, 0.3) is 15.9 Å². The van der Waals surface area contributed by atoms with Crippen LogP contribution in [0.3, 0.4) is 0 Å². The van der Waals surface area contributed by atoms with Gasteiger partial charge in [0.15, 0.2) is 5.16 Å². The molecule has 37 heavy (non-hydrogen) atoms. The van der Waals surface area contributed by atoms with Crippen LogP contribution in [-0.2, 0) is 19.0 Å². The normalized spacial score (nSPS) is 15.7. The molecular formula is C26H21Cl2F3N2O2S2. The first-order valence-electron chi connectivity index (χ1n) is 11.6. The molecule has 2 aromatic carbocycles. The Balaban J connectivity index is 1.57. The number of hydrogen-bond acceptors (Lipinski definition) is 5. The van der Waals surface area contributed by atoms with Crippen molar-refractivity contribution in [2.75, 3.05) is 12.4 Å². The van der Waals surface area contributed by atoms with Gasteiger partial charge in [-0.25, -0.2) is 4.98 Å². The van der Waals surface area contributed by atoms with Gasteiger partial charge in [0.1, 0.15) is 10.6 Å². The Labute approximate surface area is 229 Å². The molecule has 4 aromatic rings. The predicted octanol–water partition coefficient (Wildman–Crippen LogP) is 8.07. The van der Waals surface area contributed by atoms with Crippen molar-refractivity contribution in [3.63, 3.8) is 0 Å². The maximum absolute atomic E-state index is 13.9. The molecule has 2 heterocycles. The van der Waals surface area contributed by atoms with Crippen molar-refractivity contribution in [1.29, 1.82) is 0 Å². The fourth-order valence-corrected chi connectivity index (χ4v) is 7.08. The number of rotatable bonds is 6. The second-order valence-corrected chi connectivity index (χ2v) is 11.8. The summed E-state index contributed by atoms with van der Waals surface area (Å²) in [4.78, 5) is 20.4. The maximum Gasteiger partial charge on any atom is 0.417 e. The van der Waals surface area contributed by atoms with Crippen LogP contribution in [0.1, 0.15) is 29.3 Å². The first-order valence-corrected chi connectivity index (χ1v) is 14.1. The highest BCUT2D eigenvalue weighted by Gasteiger charge is 2.34. The molecular weight excluding hydrogens is 564 g/mol. The number of thiophene rings is 1. The minimum absolute atomic E-state index is 0.0646. The molecule has 0 bridgehead atoms. The van der Waals surface area contributed by atoms with Gasteiger partial charge in [-0.3, -0.25) is 9.36 Å². The number of hydrogen-bond donors (Lipinski definition) is 0. The molecule has 5 rings (SSSR count). The lowest BCUT2D eigenvalue weighted by Gasteiger charge is -2.18. The molecule has 0 saturated carbocycles. The Morgan fingerprint density at radius 1 is 1.19 bits per heavy atom. The Kier molecular flexibility index (Phi) is 7.51. The number of nitrogens with zero attached hydrogens (tertiary/aromatic N) is 2. The van der Waals surface area contributed by atoms with E-state index in [0.29, 0.717) is 37.8 Å². The van der Waals surface area contributed by atoms with Gasteiger partial charge >= 0.3 is 6.18 Å². The zero-order chi connectivity index (χ0) is 26.3. The summed E-state index contributed by atoms with van der Waals surface area (Å²) >= 11 is 14.7. The summed E-state index contributed by atoms with van der Waals surface area (Å²) < 4.78 is 47.9. The highest BCUT2D eigenvalue weighted by Crippen LogP contribution is 2.39. The number of para-hydroxylation sites is 1. The smallest absolute Gasteiger partial charge is 0.417 e. The zero-order valence-corrected chi connectivity index (χ0v) is 22.7. The van der Waals surface area contributed by atoms with Gasteiger partial charge in [-0.2, -0.15) is 13.2 Å². The Morgan fingerprint density at radius 3 is 2.73 bits per heavy atom. The lowest BCUT2D eigenvalue weighted by molar-refractivity contribution is -0.137. The summed E-state index contributed by atoms with van der Waals surface area (Å²) in [5.41, 5.74) is -0.345. The van der Waals surface area contributed by atoms with E-state index >= 15 is 0 Å². The van der Waals surface area contributed by atoms with Gasteiger partial charge in [-0.15, -0.1) is 11.3 Å². The van der Waals surface area contributed by atoms with Crippen LogP contribution < -0.4 is 10.3 Å². The van der Waals surface area contributed by atoms with E-state index in [4.69, 9.17) is 32.9 Å². The summed E-state index contributed by atoms with van der Waals surface area (Å²) in [5.74, 6) is 1.42. The van der Waals surface area contributed by atoms with Crippen molar-refractivity contribution in [2.24, 2.45) is 5.92 Å². The largest absolute Gasteiger partial charge is 0.491 e. The number of thioether (sulfide) groups is 1. The lowest BCUT2D eigenvalue weighted by atomic mass is 9.89. The van der Waals surface area contributed by atoms with Crippen molar-refractivity contribution in [1.82, 2.24) is 9.55 Å². The van der Waals surface area contributed by atoms with Gasteiger partial charge in [0.25, 0.3) is 5.56 Å². The van der Waals surface area contributed by atoms with E-state index < -0.39 is 16.8 Å². The molecule has 0 saturated heterocycles. The summed E-state index contributed by atoms with van der Waals surface area (Å²) in [6, 6.07) is 10.5. The molecule has 2 aromatic heterocycles. The predicted molar refractivity (Wildman–Crippen MR) is 144 cm³/mol. The third-order valence-electron chi connectivity index (χ3n) is 6.22. The van der Waals surface area contributed by atoms with Crippen LogP contribution in [0.5, 0.6) is 5.75 Å². The van der Waals surface area contributed by atoms with E-state index in [9.17, 15) is 18.0 Å². The first kappa shape index (κ1) is 26.4. The first-order chi connectivity index (χ1) is 17.6. The van der Waals surface area contributed by atoms with Crippen LogP contribution in [0.15, 0.2) is 52.4 Å². The van der Waals surface area contributed by atoms with E-state index in [0.717, 1.165) is 41.8 Å². The van der Waals surface area contributed by atoms with Gasteiger partial charge in [0, 0.05) is 10.6 Å². The molecule has 194 valence electrons. The Bertz CT molecular complexity index is 1540. The van der Waals surface area contributed by atoms with Crippen LogP contribution in [0, 0.1) is 5.92 Å². The van der Waals surface area contributed by atoms with Crippen molar-refractivity contribution in [2.45, 2.75) is 37.5 Å². The number of ether oxygens (including phenoxy) is 1. The molecule has 1 aliphatic carbocycles. The molecule has 0 aliphatic heterocycles. The van der Waals surface area contributed by atoms with Gasteiger partial charge in [0.05, 0.1) is 33.3 Å². The van der Waals surface area contributed by atoms with E-state index in [1.54, 1.807) is 24.3 Å². The number of halogens is 5. The van der Waals surface area contributed by atoms with Crippen molar-refractivity contribution in [3.8, 4) is 11.4 Å². The van der Waals surface area contributed by atoms with Gasteiger partial charge in [-0.1, -0.05) is 54.0 Å². The fourth-order valence-electron chi connectivity index (χ4n) is 4.41. The quantitative estimate of drug-likeness (QED) is 0.130. The average Bonchev–Trinajstić information content (AvgIpc) is 3.20. The van der Waals surface area contributed by atoms with Crippen LogP contribution in [0.4, 0.5) is 13.2 Å². The van der Waals surface area contributed by atoms with E-state index in [1.807, 2.05) is 0 Å². The number of aryl methyl sites for hydroxylation is 1. The highest BCUT2D eigenvalue weighted by molar-refractivity contribution is 7.99. The third-order valence-corrected chi connectivity index (χ3v) is 8.91. The van der Waals surface area contributed by atoms with Crippen molar-refractivity contribution in [3.05, 3.63) is 78.9 Å². The maximum atomic E-state index is 13.9. The second kappa shape index (κ2) is 10.5. The number of aromatic nitrogens is 2. The monoisotopic (exact) mass is 584 g/mol. The Hall–Kier alpha value is -2.20. The van der Waals surface area contributed by atoms with Gasteiger partial charge in [-0.05, 0) is 61.1 Å². The number of fused-ring (bicyclic) bond motifs is 3. The lowest BCUT2D eigenvalue weighted by Crippen LogP contribution is -2.23. The standard InChI is InChI=1S/C26H21Cl2F3N2O2S2/c1-14-6-8-16-21(12-14)37-23-22(16)24(34)33(15-7-9-18(27)17(13-15)26(29,30)31)25(32-23)36-11-10-35-20-5-3-2-4-19(20)28/h2-5,7,9,13-14H,6,8,10-12H2,1H3/t14-/m1/s1. The third kappa shape index (κ3) is 5.37. The summed E-state index contributed by atoms with van der Waals surface area (Å²) in [6.07, 6.45) is -2.10. The van der Waals surface area contributed by atoms with Gasteiger partial charge < -0.3 is 4.74 Å². The fraction of sp³-hybridized carbons (Fsp3) is 0.308. The van der Waals surface area contributed by atoms with Crippen molar-refractivity contribution >= 4 is 56.5 Å². The number of benzene rings is 2.